The maximum atomic E-state index is 11.7. The van der Waals surface area contributed by atoms with Gasteiger partial charge in [-0.3, -0.25) is 19.4 Å². The number of likely N-dealkylation sites (tertiary alicyclic amines) is 2. The molecule has 44 heavy (non-hydrogen) atoms. The molecular formula is C32H46N4O8. The number of carbonyl (C=O) groups excluding carboxylic acids is 4. The van der Waals surface area contributed by atoms with E-state index in [0.29, 0.717) is 0 Å². The molecule has 2 fully saturated rings. The Labute approximate surface area is 258 Å². The fraction of sp³-hybridized carbons (Fsp3) is 0.500. The van der Waals surface area contributed by atoms with Gasteiger partial charge in [-0.2, -0.15) is 9.59 Å². The van der Waals surface area contributed by atoms with Crippen molar-refractivity contribution in [3.05, 3.63) is 71.8 Å². The Morgan fingerprint density at radius 3 is 1.34 bits per heavy atom. The van der Waals surface area contributed by atoms with Crippen LogP contribution in [0.25, 0.3) is 0 Å². The number of rotatable bonds is 8. The van der Waals surface area contributed by atoms with Crippen LogP contribution in [0, 0.1) is 0 Å². The second-order valence-corrected chi connectivity index (χ2v) is 11.2. The third-order valence-corrected chi connectivity index (χ3v) is 8.41. The van der Waals surface area contributed by atoms with Crippen LogP contribution in [0.5, 0.6) is 0 Å². The van der Waals surface area contributed by atoms with Crippen LogP contribution in [0.3, 0.4) is 0 Å². The first-order valence-electron chi connectivity index (χ1n) is 14.4. The third kappa shape index (κ3) is 10.1. The van der Waals surface area contributed by atoms with E-state index >= 15 is 0 Å². The van der Waals surface area contributed by atoms with Crippen molar-refractivity contribution < 1.29 is 39.3 Å². The van der Waals surface area contributed by atoms with Crippen molar-refractivity contribution in [3.63, 3.8) is 0 Å². The van der Waals surface area contributed by atoms with E-state index in [1.807, 2.05) is 50.2 Å². The van der Waals surface area contributed by atoms with Gasteiger partial charge in [-0.05, 0) is 77.6 Å². The third-order valence-electron chi connectivity index (χ3n) is 8.41. The average Bonchev–Trinajstić information content (AvgIpc) is 3.62. The molecule has 0 unspecified atom stereocenters. The summed E-state index contributed by atoms with van der Waals surface area (Å²) in [6.45, 7) is 9.35. The Bertz CT molecular complexity index is 1150. The maximum Gasteiger partial charge on any atom is 0.373 e. The van der Waals surface area contributed by atoms with Crippen LogP contribution in [-0.2, 0) is 24.0 Å². The molecule has 0 radical (unpaired) electrons. The van der Waals surface area contributed by atoms with Gasteiger partial charge in [-0.15, -0.1) is 0 Å². The summed E-state index contributed by atoms with van der Waals surface area (Å²) in [6.07, 6.45) is 2.42. The maximum absolute atomic E-state index is 11.7. The molecule has 7 N–H and O–H groups in total. The molecule has 12 nitrogen and oxygen atoms in total. The number of hydrogen-bond acceptors (Lipinski definition) is 9. The molecule has 2 aliphatic heterocycles. The van der Waals surface area contributed by atoms with Crippen LogP contribution in [0.2, 0.25) is 0 Å². The van der Waals surface area contributed by atoms with Crippen LogP contribution in [0.15, 0.2) is 60.7 Å². The predicted molar refractivity (Wildman–Crippen MR) is 163 cm³/mol. The normalized spacial score (nSPS) is 23.1. The van der Waals surface area contributed by atoms with Crippen molar-refractivity contribution in [1.29, 1.82) is 0 Å². The first kappa shape index (κ1) is 38.1. The number of hydrogen-bond donors (Lipinski definition) is 5. The van der Waals surface area contributed by atoms with E-state index in [-0.39, 0.29) is 30.0 Å². The quantitative estimate of drug-likeness (QED) is 0.292. The minimum absolute atomic E-state index is 0.210. The molecule has 2 amide bonds. The molecule has 0 bridgehead atoms. The SMILES string of the molecule is C[C@@H](c1ccccc1)N1CCC[C@@]1(C)C(N)=O.C[C@@H](c1ccccc1)N1CCC[C@]1(C)C(N)=O.O=C(O)[C@H](O)CO.O=C=O. The Balaban J connectivity index is 0.000000340. The standard InChI is InChI=1S/2C14H20N2O.C3H6O4.CO2/c2*1-11(12-7-4-3-5-8-12)16-10-6-9-14(16,2)13(15)17;4-1-2(5)3(6)7;2-1-3/h2*3-5,7-8,11H,6,9-10H2,1-2H3,(H2,15,17);2,4-5H,1H2,(H,6,7);/t11-,14+;11-,14-;2-;/m001./s1. The van der Waals surface area contributed by atoms with Crippen molar-refractivity contribution in [2.75, 3.05) is 19.7 Å². The van der Waals surface area contributed by atoms with Gasteiger partial charge < -0.3 is 26.8 Å². The summed E-state index contributed by atoms with van der Waals surface area (Å²) in [5.74, 6) is -1.82. The Kier molecular flexibility index (Phi) is 15.6. The summed E-state index contributed by atoms with van der Waals surface area (Å²) < 4.78 is 0. The van der Waals surface area contributed by atoms with Gasteiger partial charge in [0.2, 0.25) is 11.8 Å². The number of nitrogens with zero attached hydrogens (tertiary/aromatic N) is 2. The lowest BCUT2D eigenvalue weighted by atomic mass is 9.95. The lowest BCUT2D eigenvalue weighted by Gasteiger charge is -2.37. The van der Waals surface area contributed by atoms with Gasteiger partial charge in [0.1, 0.15) is 0 Å². The number of nitrogens with two attached hydrogens (primary N) is 2. The second kappa shape index (κ2) is 18.0. The molecule has 12 heteroatoms. The largest absolute Gasteiger partial charge is 0.479 e. The molecule has 2 aromatic carbocycles. The number of aliphatic hydroxyl groups is 2. The Hall–Kier alpha value is -3.93. The summed E-state index contributed by atoms with van der Waals surface area (Å²) >= 11 is 0. The number of aliphatic carboxylic acids is 1. The van der Waals surface area contributed by atoms with E-state index in [4.69, 9.17) is 36.4 Å². The van der Waals surface area contributed by atoms with Crippen LogP contribution < -0.4 is 11.5 Å². The zero-order valence-electron chi connectivity index (χ0n) is 25.9. The summed E-state index contributed by atoms with van der Waals surface area (Å²) in [6, 6.07) is 21.0. The van der Waals surface area contributed by atoms with E-state index in [1.165, 1.54) is 11.1 Å². The molecule has 0 aromatic heterocycles. The molecule has 4 rings (SSSR count). The van der Waals surface area contributed by atoms with Crippen molar-refractivity contribution in [3.8, 4) is 0 Å². The highest BCUT2D eigenvalue weighted by atomic mass is 16.4. The number of carbonyl (C=O) groups is 3. The van der Waals surface area contributed by atoms with E-state index in [1.54, 1.807) is 0 Å². The van der Waals surface area contributed by atoms with Crippen molar-refractivity contribution in [2.45, 2.75) is 82.6 Å². The molecule has 0 saturated carbocycles. The smallest absolute Gasteiger partial charge is 0.373 e. The summed E-state index contributed by atoms with van der Waals surface area (Å²) in [7, 11) is 0. The van der Waals surface area contributed by atoms with Gasteiger partial charge in [0.05, 0.1) is 17.7 Å². The van der Waals surface area contributed by atoms with Crippen LogP contribution in [0.1, 0.15) is 76.6 Å². The minimum atomic E-state index is -1.63. The molecule has 0 aliphatic carbocycles. The average molecular weight is 615 g/mol. The van der Waals surface area contributed by atoms with Crippen LogP contribution in [-0.4, -0.2) is 85.9 Å². The zero-order valence-corrected chi connectivity index (χ0v) is 25.9. The number of benzene rings is 2. The summed E-state index contributed by atoms with van der Waals surface area (Å²) in [4.78, 5) is 53.5. The first-order valence-corrected chi connectivity index (χ1v) is 14.4. The van der Waals surface area contributed by atoms with E-state index in [9.17, 15) is 14.4 Å². The van der Waals surface area contributed by atoms with Gasteiger partial charge in [0.15, 0.2) is 6.10 Å². The molecular weight excluding hydrogens is 568 g/mol. The molecule has 2 aliphatic rings. The van der Waals surface area contributed by atoms with Crippen molar-refractivity contribution >= 4 is 23.9 Å². The Morgan fingerprint density at radius 2 is 1.11 bits per heavy atom. The fourth-order valence-electron chi connectivity index (χ4n) is 5.64. The van der Waals surface area contributed by atoms with Gasteiger partial charge in [-0.1, -0.05) is 60.7 Å². The van der Waals surface area contributed by atoms with Crippen LogP contribution >= 0.6 is 0 Å². The number of carboxylic acids is 1. The lowest BCUT2D eigenvalue weighted by molar-refractivity contribution is -0.191. The fourth-order valence-corrected chi connectivity index (χ4v) is 5.64. The predicted octanol–water partition coefficient (Wildman–Crippen LogP) is 2.02. The number of primary amides is 2. The van der Waals surface area contributed by atoms with E-state index < -0.39 is 29.8 Å². The van der Waals surface area contributed by atoms with Crippen LogP contribution in [0.4, 0.5) is 0 Å². The molecule has 2 heterocycles. The number of amides is 2. The van der Waals surface area contributed by atoms with Crippen molar-refractivity contribution in [2.24, 2.45) is 11.5 Å². The highest BCUT2D eigenvalue weighted by Gasteiger charge is 2.45. The first-order chi connectivity index (χ1) is 20.7. The van der Waals surface area contributed by atoms with Gasteiger partial charge in [-0.25, -0.2) is 4.79 Å². The van der Waals surface area contributed by atoms with Gasteiger partial charge >= 0.3 is 12.1 Å². The van der Waals surface area contributed by atoms with Gasteiger partial charge in [0, 0.05) is 12.1 Å². The summed E-state index contributed by atoms with van der Waals surface area (Å²) in [5, 5.41) is 23.7. The molecule has 2 aromatic rings. The number of aliphatic hydroxyl groups excluding tert-OH is 2. The molecule has 0 spiro atoms. The molecule has 242 valence electrons. The minimum Gasteiger partial charge on any atom is -0.479 e. The topological polar surface area (TPSA) is 205 Å². The molecule has 5 atom stereocenters. The molecule has 2 saturated heterocycles. The lowest BCUT2D eigenvalue weighted by Crippen LogP contribution is -2.52. The van der Waals surface area contributed by atoms with E-state index in [2.05, 4.69) is 47.9 Å². The van der Waals surface area contributed by atoms with Gasteiger partial charge in [0.25, 0.3) is 0 Å². The second-order valence-electron chi connectivity index (χ2n) is 11.2. The highest BCUT2D eigenvalue weighted by molar-refractivity contribution is 5.85. The Morgan fingerprint density at radius 1 is 0.795 bits per heavy atom. The zero-order chi connectivity index (χ0) is 33.5. The monoisotopic (exact) mass is 614 g/mol. The van der Waals surface area contributed by atoms with E-state index in [0.717, 1.165) is 38.8 Å². The highest BCUT2D eigenvalue weighted by Crippen LogP contribution is 2.37. The van der Waals surface area contributed by atoms with Crippen molar-refractivity contribution in [1.82, 2.24) is 9.80 Å². The summed E-state index contributed by atoms with van der Waals surface area (Å²) in [5.41, 5.74) is 12.6. The number of carboxylic acid groups (broad SMARTS) is 1.